The second-order valence-electron chi connectivity index (χ2n) is 4.87. The van der Waals surface area contributed by atoms with Crippen LogP contribution in [0.5, 0.6) is 0 Å². The van der Waals surface area contributed by atoms with E-state index in [1.54, 1.807) is 11.3 Å². The molecule has 0 amide bonds. The molecule has 1 N–H and O–H groups in total. The van der Waals surface area contributed by atoms with Gasteiger partial charge in [-0.3, -0.25) is 0 Å². The molecule has 0 saturated carbocycles. The predicted molar refractivity (Wildman–Crippen MR) is 79.6 cm³/mol. The van der Waals surface area contributed by atoms with Crippen LogP contribution in [0.15, 0.2) is 12.1 Å². The van der Waals surface area contributed by atoms with Gasteiger partial charge in [-0.2, -0.15) is 0 Å². The van der Waals surface area contributed by atoms with Crippen LogP contribution in [0.3, 0.4) is 0 Å². The van der Waals surface area contributed by atoms with Crippen molar-refractivity contribution in [3.8, 4) is 0 Å². The van der Waals surface area contributed by atoms with Gasteiger partial charge in [-0.15, -0.1) is 11.3 Å². The highest BCUT2D eigenvalue weighted by molar-refractivity contribution is 7.11. The smallest absolute Gasteiger partial charge is 0.0900 e. The van der Waals surface area contributed by atoms with E-state index in [2.05, 4.69) is 57.1 Å². The quantitative estimate of drug-likeness (QED) is 0.890. The van der Waals surface area contributed by atoms with E-state index >= 15 is 0 Å². The van der Waals surface area contributed by atoms with Gasteiger partial charge in [0.15, 0.2) is 0 Å². The van der Waals surface area contributed by atoms with Crippen LogP contribution in [-0.4, -0.2) is 4.98 Å². The molecule has 96 valence electrons. The first-order valence-electron chi connectivity index (χ1n) is 6.22. The van der Waals surface area contributed by atoms with E-state index in [4.69, 9.17) is 0 Å². The summed E-state index contributed by atoms with van der Waals surface area (Å²) in [6.07, 6.45) is 0. The molecule has 18 heavy (non-hydrogen) atoms. The average molecular weight is 260 g/mol. The lowest BCUT2D eigenvalue weighted by atomic mass is 10.1. The molecule has 0 fully saturated rings. The molecule has 0 aliphatic carbocycles. The highest BCUT2D eigenvalue weighted by atomic mass is 32.1. The summed E-state index contributed by atoms with van der Waals surface area (Å²) in [4.78, 5) is 5.79. The fourth-order valence-electron chi connectivity index (χ4n) is 2.37. The monoisotopic (exact) mass is 260 g/mol. The number of aryl methyl sites for hydroxylation is 5. The van der Waals surface area contributed by atoms with E-state index in [0.29, 0.717) is 0 Å². The summed E-state index contributed by atoms with van der Waals surface area (Å²) >= 11 is 1.77. The van der Waals surface area contributed by atoms with Crippen molar-refractivity contribution in [2.75, 3.05) is 5.32 Å². The van der Waals surface area contributed by atoms with E-state index in [1.165, 1.54) is 27.3 Å². The maximum Gasteiger partial charge on any atom is 0.0900 e. The summed E-state index contributed by atoms with van der Waals surface area (Å²) in [7, 11) is 0. The van der Waals surface area contributed by atoms with E-state index < -0.39 is 0 Å². The lowest BCUT2D eigenvalue weighted by molar-refractivity contribution is 1.10. The summed E-state index contributed by atoms with van der Waals surface area (Å²) in [6.45, 7) is 11.5. The van der Waals surface area contributed by atoms with Gasteiger partial charge in [0.1, 0.15) is 0 Å². The van der Waals surface area contributed by atoms with Crippen LogP contribution in [0.2, 0.25) is 0 Å². The Morgan fingerprint density at radius 3 is 2.17 bits per heavy atom. The number of anilines is 1. The van der Waals surface area contributed by atoms with Crippen LogP contribution >= 0.6 is 11.3 Å². The molecule has 0 unspecified atom stereocenters. The lowest BCUT2D eigenvalue weighted by Gasteiger charge is -2.13. The normalized spacial score (nSPS) is 10.7. The molecule has 1 aromatic heterocycles. The molecule has 0 atom stereocenters. The Bertz CT molecular complexity index is 547. The van der Waals surface area contributed by atoms with Crippen LogP contribution in [0.4, 0.5) is 5.69 Å². The minimum atomic E-state index is 0.863. The molecule has 0 saturated heterocycles. The molecule has 0 aliphatic heterocycles. The Kier molecular flexibility index (Phi) is 3.71. The molecular weight excluding hydrogens is 240 g/mol. The molecule has 2 aromatic rings. The largest absolute Gasteiger partial charge is 0.380 e. The number of rotatable bonds is 3. The maximum atomic E-state index is 4.46. The van der Waals surface area contributed by atoms with Gasteiger partial charge in [0.05, 0.1) is 17.2 Å². The Balaban J connectivity index is 2.18. The summed E-state index contributed by atoms with van der Waals surface area (Å²) in [6, 6.07) is 4.44. The number of thiazole rings is 1. The van der Waals surface area contributed by atoms with Crippen molar-refractivity contribution >= 4 is 17.0 Å². The van der Waals surface area contributed by atoms with Crippen molar-refractivity contribution in [1.29, 1.82) is 0 Å². The lowest BCUT2D eigenvalue weighted by Crippen LogP contribution is -2.03. The summed E-state index contributed by atoms with van der Waals surface area (Å²) in [5.41, 5.74) is 6.34. The van der Waals surface area contributed by atoms with Gasteiger partial charge in [-0.1, -0.05) is 17.7 Å². The SMILES string of the molecule is Cc1cc(C)c(NCc2sc(C)nc2C)c(C)c1. The van der Waals surface area contributed by atoms with Crippen molar-refractivity contribution < 1.29 is 0 Å². The van der Waals surface area contributed by atoms with E-state index in [0.717, 1.165) is 17.2 Å². The third-order valence-corrected chi connectivity index (χ3v) is 4.18. The number of nitrogens with one attached hydrogen (secondary N) is 1. The number of hydrogen-bond acceptors (Lipinski definition) is 3. The highest BCUT2D eigenvalue weighted by Crippen LogP contribution is 2.24. The number of hydrogen-bond donors (Lipinski definition) is 1. The van der Waals surface area contributed by atoms with Crippen molar-refractivity contribution in [2.45, 2.75) is 41.2 Å². The van der Waals surface area contributed by atoms with Crippen LogP contribution < -0.4 is 5.32 Å². The fraction of sp³-hybridized carbons (Fsp3) is 0.400. The minimum absolute atomic E-state index is 0.863. The van der Waals surface area contributed by atoms with Crippen LogP contribution in [-0.2, 0) is 6.54 Å². The number of aromatic nitrogens is 1. The molecule has 0 spiro atoms. The molecule has 0 radical (unpaired) electrons. The van der Waals surface area contributed by atoms with Crippen molar-refractivity contribution in [3.05, 3.63) is 44.4 Å². The van der Waals surface area contributed by atoms with Crippen molar-refractivity contribution in [2.24, 2.45) is 0 Å². The van der Waals surface area contributed by atoms with Crippen LogP contribution in [0.1, 0.15) is 32.3 Å². The van der Waals surface area contributed by atoms with Gasteiger partial charge in [0.2, 0.25) is 0 Å². The Morgan fingerprint density at radius 2 is 1.67 bits per heavy atom. The van der Waals surface area contributed by atoms with E-state index in [9.17, 15) is 0 Å². The molecular formula is C15H20N2S. The first-order chi connectivity index (χ1) is 8.47. The molecule has 1 heterocycles. The van der Waals surface area contributed by atoms with Gasteiger partial charge in [-0.05, 0) is 45.7 Å². The molecule has 1 aromatic carbocycles. The molecule has 3 heteroatoms. The zero-order valence-electron chi connectivity index (χ0n) is 11.7. The number of nitrogens with zero attached hydrogens (tertiary/aromatic N) is 1. The average Bonchev–Trinajstić information content (AvgIpc) is 2.55. The first-order valence-corrected chi connectivity index (χ1v) is 7.03. The molecule has 0 bridgehead atoms. The van der Waals surface area contributed by atoms with Crippen LogP contribution in [0.25, 0.3) is 0 Å². The topological polar surface area (TPSA) is 24.9 Å². The zero-order chi connectivity index (χ0) is 13.3. The van der Waals surface area contributed by atoms with Gasteiger partial charge < -0.3 is 5.32 Å². The van der Waals surface area contributed by atoms with Crippen LogP contribution in [0, 0.1) is 34.6 Å². The second kappa shape index (κ2) is 5.11. The molecule has 2 nitrogen and oxygen atoms in total. The first kappa shape index (κ1) is 13.1. The summed E-state index contributed by atoms with van der Waals surface area (Å²) in [5.74, 6) is 0. The molecule has 0 aliphatic rings. The van der Waals surface area contributed by atoms with Gasteiger partial charge in [0, 0.05) is 10.6 Å². The van der Waals surface area contributed by atoms with Gasteiger partial charge in [-0.25, -0.2) is 4.98 Å². The van der Waals surface area contributed by atoms with E-state index in [-0.39, 0.29) is 0 Å². The molecule has 2 rings (SSSR count). The van der Waals surface area contributed by atoms with Crippen molar-refractivity contribution in [3.63, 3.8) is 0 Å². The zero-order valence-corrected chi connectivity index (χ0v) is 12.5. The van der Waals surface area contributed by atoms with Gasteiger partial charge >= 0.3 is 0 Å². The Hall–Kier alpha value is -1.35. The number of benzene rings is 1. The highest BCUT2D eigenvalue weighted by Gasteiger charge is 2.07. The van der Waals surface area contributed by atoms with Gasteiger partial charge in [0.25, 0.3) is 0 Å². The third-order valence-electron chi connectivity index (χ3n) is 3.10. The third kappa shape index (κ3) is 2.72. The maximum absolute atomic E-state index is 4.46. The van der Waals surface area contributed by atoms with Crippen molar-refractivity contribution in [1.82, 2.24) is 4.98 Å². The fourth-order valence-corrected chi connectivity index (χ4v) is 3.24. The van der Waals surface area contributed by atoms with E-state index in [1.807, 2.05) is 0 Å². The minimum Gasteiger partial charge on any atom is -0.380 e. The summed E-state index contributed by atoms with van der Waals surface area (Å²) < 4.78 is 0. The Labute approximate surface area is 113 Å². The second-order valence-corrected chi connectivity index (χ2v) is 6.16. The Morgan fingerprint density at radius 1 is 1.06 bits per heavy atom. The summed E-state index contributed by atoms with van der Waals surface area (Å²) in [5, 5.41) is 4.69. The predicted octanol–water partition coefficient (Wildman–Crippen LogP) is 4.30. The standard InChI is InChI=1S/C15H20N2S/c1-9-6-10(2)15(11(3)7-9)16-8-14-12(4)17-13(5)18-14/h6-7,16H,8H2,1-5H3.